The van der Waals surface area contributed by atoms with Crippen LogP contribution in [0.4, 0.5) is 5.69 Å². The molecule has 3 aromatic rings. The SMILES string of the molecule is O=C(Nc1ccc(S(=O)(=O)N2CCCCC2c2cccnc2)cc1)c1cc(Cl)ccc1Cl. The summed E-state index contributed by atoms with van der Waals surface area (Å²) in [6.07, 6.45) is 5.92. The number of rotatable bonds is 5. The molecule has 4 rings (SSSR count). The summed E-state index contributed by atoms with van der Waals surface area (Å²) in [7, 11) is -3.71. The summed E-state index contributed by atoms with van der Waals surface area (Å²) in [6, 6.07) is 14.2. The van der Waals surface area contributed by atoms with Crippen LogP contribution in [-0.4, -0.2) is 30.2 Å². The van der Waals surface area contributed by atoms with Gasteiger partial charge in [0, 0.05) is 29.6 Å². The highest BCUT2D eigenvalue weighted by atomic mass is 35.5. The zero-order chi connectivity index (χ0) is 22.7. The zero-order valence-corrected chi connectivity index (χ0v) is 19.4. The summed E-state index contributed by atoms with van der Waals surface area (Å²) in [4.78, 5) is 16.8. The second kappa shape index (κ2) is 9.58. The van der Waals surface area contributed by atoms with Crippen molar-refractivity contribution < 1.29 is 13.2 Å². The van der Waals surface area contributed by atoms with E-state index in [-0.39, 0.29) is 21.5 Å². The van der Waals surface area contributed by atoms with Gasteiger partial charge in [-0.3, -0.25) is 9.78 Å². The Morgan fingerprint density at radius 1 is 1.06 bits per heavy atom. The summed E-state index contributed by atoms with van der Waals surface area (Å²) in [6.45, 7) is 0.452. The van der Waals surface area contributed by atoms with Crippen LogP contribution in [0.5, 0.6) is 0 Å². The van der Waals surface area contributed by atoms with E-state index >= 15 is 0 Å². The van der Waals surface area contributed by atoms with Crippen LogP contribution in [0.25, 0.3) is 0 Å². The summed E-state index contributed by atoms with van der Waals surface area (Å²) < 4.78 is 28.3. The maximum Gasteiger partial charge on any atom is 0.257 e. The summed E-state index contributed by atoms with van der Waals surface area (Å²) in [5.41, 5.74) is 1.58. The lowest BCUT2D eigenvalue weighted by Crippen LogP contribution is -2.38. The number of benzene rings is 2. The Morgan fingerprint density at radius 2 is 1.84 bits per heavy atom. The van der Waals surface area contributed by atoms with Crippen molar-refractivity contribution in [2.75, 3.05) is 11.9 Å². The van der Waals surface area contributed by atoms with Gasteiger partial charge in [0.1, 0.15) is 0 Å². The van der Waals surface area contributed by atoms with E-state index in [4.69, 9.17) is 23.2 Å². The molecule has 1 unspecified atom stereocenters. The number of piperidine rings is 1. The molecule has 0 aliphatic carbocycles. The van der Waals surface area contributed by atoms with Crippen molar-refractivity contribution in [3.63, 3.8) is 0 Å². The van der Waals surface area contributed by atoms with Gasteiger partial charge in [-0.1, -0.05) is 35.7 Å². The largest absolute Gasteiger partial charge is 0.322 e. The molecule has 1 atom stereocenters. The Morgan fingerprint density at radius 3 is 2.56 bits per heavy atom. The zero-order valence-electron chi connectivity index (χ0n) is 17.0. The second-order valence-corrected chi connectivity index (χ2v) is 10.3. The van der Waals surface area contributed by atoms with Crippen LogP contribution in [0.1, 0.15) is 41.2 Å². The second-order valence-electron chi connectivity index (χ2n) is 7.52. The number of hydrogen-bond donors (Lipinski definition) is 1. The molecule has 0 spiro atoms. The summed E-state index contributed by atoms with van der Waals surface area (Å²) in [5, 5.41) is 3.39. The lowest BCUT2D eigenvalue weighted by Gasteiger charge is -2.34. The van der Waals surface area contributed by atoms with E-state index in [0.717, 1.165) is 24.8 Å². The number of pyridine rings is 1. The molecule has 1 N–H and O–H groups in total. The van der Waals surface area contributed by atoms with Gasteiger partial charge in [0.2, 0.25) is 10.0 Å². The van der Waals surface area contributed by atoms with E-state index in [0.29, 0.717) is 17.3 Å². The monoisotopic (exact) mass is 489 g/mol. The molecule has 1 aliphatic heterocycles. The minimum Gasteiger partial charge on any atom is -0.322 e. The van der Waals surface area contributed by atoms with Gasteiger partial charge in [0.25, 0.3) is 5.91 Å². The van der Waals surface area contributed by atoms with Crippen molar-refractivity contribution >= 4 is 44.8 Å². The van der Waals surface area contributed by atoms with E-state index in [1.54, 1.807) is 41.0 Å². The van der Waals surface area contributed by atoms with Crippen molar-refractivity contribution in [3.05, 3.63) is 88.2 Å². The molecule has 2 aromatic carbocycles. The van der Waals surface area contributed by atoms with Crippen molar-refractivity contribution in [1.82, 2.24) is 9.29 Å². The quantitative estimate of drug-likeness (QED) is 0.508. The van der Waals surface area contributed by atoms with E-state index < -0.39 is 15.9 Å². The number of halogens is 2. The van der Waals surface area contributed by atoms with Crippen molar-refractivity contribution in [2.45, 2.75) is 30.2 Å². The topological polar surface area (TPSA) is 79.4 Å². The van der Waals surface area contributed by atoms with Gasteiger partial charge in [-0.05, 0) is 66.9 Å². The maximum atomic E-state index is 13.4. The number of amides is 1. The van der Waals surface area contributed by atoms with Crippen LogP contribution < -0.4 is 5.32 Å². The molecule has 1 fully saturated rings. The van der Waals surface area contributed by atoms with Crippen LogP contribution in [0.2, 0.25) is 10.0 Å². The third-order valence-corrected chi connectivity index (χ3v) is 7.90. The van der Waals surface area contributed by atoms with Crippen LogP contribution in [0.3, 0.4) is 0 Å². The van der Waals surface area contributed by atoms with Gasteiger partial charge >= 0.3 is 0 Å². The number of nitrogens with one attached hydrogen (secondary N) is 1. The molecule has 1 aromatic heterocycles. The minimum atomic E-state index is -3.71. The molecule has 0 saturated carbocycles. The maximum absolute atomic E-state index is 13.4. The highest BCUT2D eigenvalue weighted by Gasteiger charge is 2.34. The molecule has 2 heterocycles. The molecular formula is C23H21Cl2N3O3S. The molecule has 6 nitrogen and oxygen atoms in total. The average molecular weight is 490 g/mol. The standard InChI is InChI=1S/C23H21Cl2N3O3S/c24-17-6-11-21(25)20(14-17)23(29)27-18-7-9-19(10-8-18)32(30,31)28-13-2-1-5-22(28)16-4-3-12-26-15-16/h3-4,6-12,14-15,22H,1-2,5,13H2,(H,27,29). The molecular weight excluding hydrogens is 469 g/mol. The van der Waals surface area contributed by atoms with Crippen LogP contribution in [-0.2, 0) is 10.0 Å². The predicted molar refractivity (Wildman–Crippen MR) is 126 cm³/mol. The lowest BCUT2D eigenvalue weighted by atomic mass is 9.99. The average Bonchev–Trinajstić information content (AvgIpc) is 2.81. The first kappa shape index (κ1) is 22.7. The number of hydrogen-bond acceptors (Lipinski definition) is 4. The van der Waals surface area contributed by atoms with Crippen LogP contribution >= 0.6 is 23.2 Å². The number of sulfonamides is 1. The third kappa shape index (κ3) is 4.81. The number of nitrogens with zero attached hydrogens (tertiary/aromatic N) is 2. The highest BCUT2D eigenvalue weighted by molar-refractivity contribution is 7.89. The van der Waals surface area contributed by atoms with Gasteiger partial charge in [0.05, 0.1) is 21.5 Å². The van der Waals surface area contributed by atoms with Gasteiger partial charge in [-0.15, -0.1) is 0 Å². The molecule has 1 amide bonds. The van der Waals surface area contributed by atoms with Gasteiger partial charge < -0.3 is 5.32 Å². The van der Waals surface area contributed by atoms with E-state index in [2.05, 4.69) is 10.3 Å². The fraction of sp³-hybridized carbons (Fsp3) is 0.217. The first-order valence-electron chi connectivity index (χ1n) is 10.1. The van der Waals surface area contributed by atoms with E-state index in [9.17, 15) is 13.2 Å². The fourth-order valence-corrected chi connectivity index (χ4v) is 5.87. The lowest BCUT2D eigenvalue weighted by molar-refractivity contribution is 0.102. The summed E-state index contributed by atoms with van der Waals surface area (Å²) in [5.74, 6) is -0.430. The van der Waals surface area contributed by atoms with Crippen LogP contribution in [0, 0.1) is 0 Å². The number of carbonyl (C=O) groups excluding carboxylic acids is 1. The summed E-state index contributed by atoms with van der Waals surface area (Å²) >= 11 is 12.0. The highest BCUT2D eigenvalue weighted by Crippen LogP contribution is 2.35. The minimum absolute atomic E-state index is 0.173. The van der Waals surface area contributed by atoms with Crippen molar-refractivity contribution in [3.8, 4) is 0 Å². The molecule has 9 heteroatoms. The molecule has 1 saturated heterocycles. The Balaban J connectivity index is 1.55. The fourth-order valence-electron chi connectivity index (χ4n) is 3.81. The Kier molecular flexibility index (Phi) is 6.81. The first-order valence-corrected chi connectivity index (χ1v) is 12.3. The molecule has 166 valence electrons. The van der Waals surface area contributed by atoms with Crippen molar-refractivity contribution in [1.29, 1.82) is 0 Å². The van der Waals surface area contributed by atoms with Crippen LogP contribution in [0.15, 0.2) is 71.9 Å². The van der Waals surface area contributed by atoms with Gasteiger partial charge in [-0.25, -0.2) is 8.42 Å². The number of carbonyl (C=O) groups is 1. The van der Waals surface area contributed by atoms with E-state index in [1.165, 1.54) is 18.2 Å². The Hall–Kier alpha value is -2.45. The Bertz CT molecular complexity index is 1220. The first-order chi connectivity index (χ1) is 15.4. The predicted octanol–water partition coefficient (Wildman–Crippen LogP) is 5.56. The van der Waals surface area contributed by atoms with E-state index in [1.807, 2.05) is 12.1 Å². The molecule has 0 bridgehead atoms. The molecule has 0 radical (unpaired) electrons. The number of aromatic nitrogens is 1. The third-order valence-electron chi connectivity index (χ3n) is 5.41. The normalized spacial score (nSPS) is 17.1. The van der Waals surface area contributed by atoms with Gasteiger partial charge in [-0.2, -0.15) is 4.31 Å². The Labute approximate surface area is 197 Å². The molecule has 1 aliphatic rings. The molecule has 32 heavy (non-hydrogen) atoms. The van der Waals surface area contributed by atoms with Gasteiger partial charge in [0.15, 0.2) is 0 Å². The smallest absolute Gasteiger partial charge is 0.257 e. The van der Waals surface area contributed by atoms with Crippen molar-refractivity contribution in [2.24, 2.45) is 0 Å². The number of anilines is 1.